The zero-order chi connectivity index (χ0) is 19.8. The molecule has 4 aromatic carbocycles. The molecular formula is C25H14BrN3O. The van der Waals surface area contributed by atoms with E-state index in [9.17, 15) is 0 Å². The third-order valence-corrected chi connectivity index (χ3v) is 6.27. The maximum Gasteiger partial charge on any atom is 0.220 e. The van der Waals surface area contributed by atoms with Crippen LogP contribution in [0.3, 0.4) is 0 Å². The summed E-state index contributed by atoms with van der Waals surface area (Å²) in [4.78, 5) is 4.98. The molecule has 4 nitrogen and oxygen atoms in total. The SMILES string of the molecule is Brc1ccc2c(c1)n(-c1ccc3oc4ccccc4c3c1)c1nc3ccccc3n21. The monoisotopic (exact) mass is 451 g/mol. The normalized spacial score (nSPS) is 12.2. The van der Waals surface area contributed by atoms with Gasteiger partial charge in [0.15, 0.2) is 0 Å². The Bertz CT molecular complexity index is 1770. The number of nitrogens with zero attached hydrogens (tertiary/aromatic N) is 3. The van der Waals surface area contributed by atoms with Crippen molar-refractivity contribution >= 4 is 65.7 Å². The molecule has 0 aliphatic rings. The van der Waals surface area contributed by atoms with Crippen molar-refractivity contribution < 1.29 is 4.42 Å². The smallest absolute Gasteiger partial charge is 0.220 e. The van der Waals surface area contributed by atoms with E-state index in [-0.39, 0.29) is 0 Å². The first kappa shape index (κ1) is 16.3. The van der Waals surface area contributed by atoms with E-state index in [1.165, 1.54) is 0 Å². The zero-order valence-electron chi connectivity index (χ0n) is 15.7. The standard InChI is InChI=1S/C25H14BrN3O/c26-15-9-11-21-22(13-15)28(25-27-19-6-2-3-7-20(19)29(21)25)16-10-12-24-18(14-16)17-5-1-4-8-23(17)30-24/h1-14H. The van der Waals surface area contributed by atoms with Crippen LogP contribution in [0.2, 0.25) is 0 Å². The molecule has 0 radical (unpaired) electrons. The molecule has 5 heteroatoms. The highest BCUT2D eigenvalue weighted by molar-refractivity contribution is 9.10. The van der Waals surface area contributed by atoms with Crippen LogP contribution in [0.5, 0.6) is 0 Å². The van der Waals surface area contributed by atoms with Gasteiger partial charge in [0.1, 0.15) is 11.2 Å². The molecule has 0 spiro atoms. The average Bonchev–Trinajstić information content (AvgIpc) is 3.41. The van der Waals surface area contributed by atoms with Crippen LogP contribution >= 0.6 is 15.9 Å². The molecule has 142 valence electrons. The lowest BCUT2D eigenvalue weighted by Crippen LogP contribution is -1.94. The van der Waals surface area contributed by atoms with Crippen molar-refractivity contribution in [2.75, 3.05) is 0 Å². The van der Waals surface area contributed by atoms with Crippen molar-refractivity contribution in [3.05, 3.63) is 89.4 Å². The van der Waals surface area contributed by atoms with E-state index in [1.807, 2.05) is 30.3 Å². The number of hydrogen-bond acceptors (Lipinski definition) is 2. The number of hydrogen-bond donors (Lipinski definition) is 0. The van der Waals surface area contributed by atoms with Crippen molar-refractivity contribution in [3.8, 4) is 5.69 Å². The van der Waals surface area contributed by atoms with E-state index >= 15 is 0 Å². The van der Waals surface area contributed by atoms with Crippen LogP contribution in [-0.4, -0.2) is 14.0 Å². The number of fused-ring (bicyclic) bond motifs is 8. The van der Waals surface area contributed by atoms with Gasteiger partial charge in [-0.25, -0.2) is 4.98 Å². The second kappa shape index (κ2) is 5.74. The lowest BCUT2D eigenvalue weighted by molar-refractivity contribution is 0.669. The van der Waals surface area contributed by atoms with E-state index in [2.05, 4.69) is 79.5 Å². The van der Waals surface area contributed by atoms with Crippen LogP contribution in [0, 0.1) is 0 Å². The number of rotatable bonds is 1. The maximum absolute atomic E-state index is 6.03. The summed E-state index contributed by atoms with van der Waals surface area (Å²) in [6, 6.07) is 29.1. The molecule has 7 aromatic rings. The van der Waals surface area contributed by atoms with Crippen LogP contribution in [0.15, 0.2) is 93.8 Å². The highest BCUT2D eigenvalue weighted by Gasteiger charge is 2.18. The number of furan rings is 1. The van der Waals surface area contributed by atoms with E-state index in [4.69, 9.17) is 9.40 Å². The van der Waals surface area contributed by atoms with Crippen molar-refractivity contribution in [2.45, 2.75) is 0 Å². The molecule has 0 bridgehead atoms. The second-order valence-corrected chi connectivity index (χ2v) is 8.40. The summed E-state index contributed by atoms with van der Waals surface area (Å²) in [6.45, 7) is 0. The topological polar surface area (TPSA) is 35.4 Å². The minimum absolute atomic E-state index is 0.891. The Morgan fingerprint density at radius 1 is 0.700 bits per heavy atom. The molecule has 0 saturated carbocycles. The summed E-state index contributed by atoms with van der Waals surface area (Å²) in [5.41, 5.74) is 7.17. The highest BCUT2D eigenvalue weighted by Crippen LogP contribution is 2.34. The predicted octanol–water partition coefficient (Wildman–Crippen LogP) is 7.09. The lowest BCUT2D eigenvalue weighted by atomic mass is 10.1. The van der Waals surface area contributed by atoms with Gasteiger partial charge in [-0.1, -0.05) is 46.3 Å². The van der Waals surface area contributed by atoms with E-state index in [0.29, 0.717) is 0 Å². The Balaban J connectivity index is 1.65. The van der Waals surface area contributed by atoms with Gasteiger partial charge in [-0.05, 0) is 54.6 Å². The highest BCUT2D eigenvalue weighted by atomic mass is 79.9. The van der Waals surface area contributed by atoms with Gasteiger partial charge < -0.3 is 4.42 Å². The molecule has 0 aliphatic heterocycles. The minimum atomic E-state index is 0.891. The summed E-state index contributed by atoms with van der Waals surface area (Å²) in [5, 5.41) is 2.23. The van der Waals surface area contributed by atoms with Crippen LogP contribution in [0.4, 0.5) is 0 Å². The molecule has 0 fully saturated rings. The van der Waals surface area contributed by atoms with Gasteiger partial charge in [-0.2, -0.15) is 0 Å². The van der Waals surface area contributed by atoms with Crippen molar-refractivity contribution in [2.24, 2.45) is 0 Å². The second-order valence-electron chi connectivity index (χ2n) is 7.48. The first-order chi connectivity index (χ1) is 14.8. The molecule has 0 saturated heterocycles. The van der Waals surface area contributed by atoms with Crippen LogP contribution < -0.4 is 0 Å². The van der Waals surface area contributed by atoms with Gasteiger partial charge >= 0.3 is 0 Å². The maximum atomic E-state index is 6.03. The Kier molecular flexibility index (Phi) is 3.11. The molecule has 0 aliphatic carbocycles. The van der Waals surface area contributed by atoms with Gasteiger partial charge in [0, 0.05) is 15.2 Å². The molecule has 0 unspecified atom stereocenters. The van der Waals surface area contributed by atoms with Gasteiger partial charge in [0.05, 0.1) is 27.8 Å². The summed E-state index contributed by atoms with van der Waals surface area (Å²) >= 11 is 3.64. The largest absolute Gasteiger partial charge is 0.456 e. The number of imidazole rings is 2. The summed E-state index contributed by atoms with van der Waals surface area (Å²) in [6.07, 6.45) is 0. The fourth-order valence-electron chi connectivity index (χ4n) is 4.48. The van der Waals surface area contributed by atoms with Gasteiger partial charge in [-0.3, -0.25) is 8.97 Å². The Labute approximate surface area is 179 Å². The molecule has 30 heavy (non-hydrogen) atoms. The van der Waals surface area contributed by atoms with Crippen LogP contribution in [0.25, 0.3) is 55.5 Å². The van der Waals surface area contributed by atoms with Gasteiger partial charge in [0.2, 0.25) is 5.78 Å². The number of para-hydroxylation sites is 3. The first-order valence-corrected chi connectivity index (χ1v) is 10.6. The molecule has 3 heterocycles. The summed E-state index contributed by atoms with van der Waals surface area (Å²) in [7, 11) is 0. The number of halogens is 1. The van der Waals surface area contributed by atoms with Crippen LogP contribution in [-0.2, 0) is 0 Å². The van der Waals surface area contributed by atoms with E-state index in [0.717, 1.165) is 59.9 Å². The van der Waals surface area contributed by atoms with Gasteiger partial charge in [-0.15, -0.1) is 0 Å². The van der Waals surface area contributed by atoms with Crippen molar-refractivity contribution in [3.63, 3.8) is 0 Å². The first-order valence-electron chi connectivity index (χ1n) is 9.77. The number of benzene rings is 4. The molecule has 7 rings (SSSR count). The van der Waals surface area contributed by atoms with Crippen molar-refractivity contribution in [1.82, 2.24) is 14.0 Å². The third kappa shape index (κ3) is 2.07. The third-order valence-electron chi connectivity index (χ3n) is 5.78. The zero-order valence-corrected chi connectivity index (χ0v) is 17.3. The number of aromatic nitrogens is 3. The van der Waals surface area contributed by atoms with E-state index < -0.39 is 0 Å². The molecule has 0 atom stereocenters. The Morgan fingerprint density at radius 3 is 2.50 bits per heavy atom. The molecule has 0 amide bonds. The van der Waals surface area contributed by atoms with Gasteiger partial charge in [0.25, 0.3) is 0 Å². The minimum Gasteiger partial charge on any atom is -0.456 e. The molecule has 3 aromatic heterocycles. The average molecular weight is 452 g/mol. The van der Waals surface area contributed by atoms with Crippen LogP contribution in [0.1, 0.15) is 0 Å². The quantitative estimate of drug-likeness (QED) is 0.267. The summed E-state index contributed by atoms with van der Waals surface area (Å²) in [5.74, 6) is 0.899. The fraction of sp³-hybridized carbons (Fsp3) is 0. The Hall–Kier alpha value is -3.57. The lowest BCUT2D eigenvalue weighted by Gasteiger charge is -2.06. The Morgan fingerprint density at radius 2 is 1.53 bits per heavy atom. The molecular weight excluding hydrogens is 438 g/mol. The summed E-state index contributed by atoms with van der Waals surface area (Å²) < 4.78 is 11.5. The predicted molar refractivity (Wildman–Crippen MR) is 125 cm³/mol. The molecule has 0 N–H and O–H groups in total. The van der Waals surface area contributed by atoms with Crippen molar-refractivity contribution in [1.29, 1.82) is 0 Å². The van der Waals surface area contributed by atoms with E-state index in [1.54, 1.807) is 0 Å². The fourth-order valence-corrected chi connectivity index (χ4v) is 4.83.